The summed E-state index contributed by atoms with van der Waals surface area (Å²) in [6.07, 6.45) is 1.58. The van der Waals surface area contributed by atoms with E-state index in [2.05, 4.69) is 20.9 Å². The summed E-state index contributed by atoms with van der Waals surface area (Å²) in [6.45, 7) is 1.85. The number of hydrogen-bond donors (Lipinski definition) is 0. The second kappa shape index (κ2) is 5.01. The van der Waals surface area contributed by atoms with E-state index in [1.54, 1.807) is 12.3 Å². The van der Waals surface area contributed by atoms with Crippen molar-refractivity contribution in [2.24, 2.45) is 0 Å². The maximum atomic E-state index is 13.5. The highest BCUT2D eigenvalue weighted by Crippen LogP contribution is 2.24. The van der Waals surface area contributed by atoms with Crippen LogP contribution in [0.3, 0.4) is 0 Å². The minimum absolute atomic E-state index is 0.217. The molecule has 0 saturated carbocycles. The van der Waals surface area contributed by atoms with Gasteiger partial charge in [0.05, 0.1) is 5.69 Å². The monoisotopic (exact) mass is 301 g/mol. The van der Waals surface area contributed by atoms with E-state index in [-0.39, 0.29) is 5.82 Å². The summed E-state index contributed by atoms with van der Waals surface area (Å²) >= 11 is 4.60. The largest absolute Gasteiger partial charge is 0.440 e. The fourth-order valence-corrected chi connectivity index (χ4v) is 2.35. The van der Waals surface area contributed by atoms with Crippen LogP contribution < -0.4 is 0 Å². The first kappa shape index (κ1) is 11.7. The lowest BCUT2D eigenvalue weighted by atomic mass is 10.2. The smallest absolute Gasteiger partial charge is 0.256 e. The van der Waals surface area contributed by atoms with E-state index in [9.17, 15) is 4.39 Å². The molecule has 0 aliphatic heterocycles. The Morgan fingerprint density at radius 3 is 2.94 bits per heavy atom. The van der Waals surface area contributed by atoms with Gasteiger partial charge in [-0.1, -0.05) is 33.8 Å². The van der Waals surface area contributed by atoms with Gasteiger partial charge in [0.15, 0.2) is 0 Å². The first-order chi connectivity index (χ1) is 7.65. The van der Waals surface area contributed by atoms with E-state index in [1.165, 1.54) is 17.8 Å². The van der Waals surface area contributed by atoms with E-state index in [4.69, 9.17) is 4.42 Å². The van der Waals surface area contributed by atoms with Crippen LogP contribution in [-0.4, -0.2) is 4.98 Å². The Morgan fingerprint density at radius 1 is 1.50 bits per heavy atom. The Morgan fingerprint density at radius 2 is 2.31 bits per heavy atom. The van der Waals surface area contributed by atoms with Crippen LogP contribution in [0.25, 0.3) is 0 Å². The summed E-state index contributed by atoms with van der Waals surface area (Å²) in [4.78, 5) is 4.14. The van der Waals surface area contributed by atoms with Crippen LogP contribution in [0.1, 0.15) is 11.3 Å². The molecule has 1 aromatic carbocycles. The van der Waals surface area contributed by atoms with E-state index >= 15 is 0 Å². The number of aromatic nitrogens is 1. The van der Waals surface area contributed by atoms with Crippen LogP contribution in [0.5, 0.6) is 0 Å². The lowest BCUT2D eigenvalue weighted by Crippen LogP contribution is -1.87. The van der Waals surface area contributed by atoms with Crippen molar-refractivity contribution >= 4 is 27.7 Å². The van der Waals surface area contributed by atoms with Crippen molar-refractivity contribution in [3.8, 4) is 0 Å². The highest BCUT2D eigenvalue weighted by Gasteiger charge is 2.06. The normalized spacial score (nSPS) is 10.7. The molecule has 1 heterocycles. The molecule has 0 spiro atoms. The molecule has 5 heteroatoms. The van der Waals surface area contributed by atoms with Crippen molar-refractivity contribution in [2.75, 3.05) is 0 Å². The number of oxazole rings is 1. The van der Waals surface area contributed by atoms with Gasteiger partial charge in [-0.3, -0.25) is 0 Å². The number of aryl methyl sites for hydroxylation is 1. The fourth-order valence-electron chi connectivity index (χ4n) is 1.18. The summed E-state index contributed by atoms with van der Waals surface area (Å²) < 4.78 is 19.4. The molecule has 1 aromatic heterocycles. The predicted molar refractivity (Wildman–Crippen MR) is 64.9 cm³/mol. The highest BCUT2D eigenvalue weighted by molar-refractivity contribution is 9.10. The van der Waals surface area contributed by atoms with Crippen molar-refractivity contribution in [3.05, 3.63) is 46.0 Å². The standard InChI is InChI=1S/C11H9BrFNOS/c1-7-5-15-11(14-7)16-6-8-2-3-9(12)4-10(8)13/h2-5H,6H2,1H3. The summed E-state index contributed by atoms with van der Waals surface area (Å²) in [5.41, 5.74) is 1.47. The zero-order valence-corrected chi connectivity index (χ0v) is 10.9. The second-order valence-corrected chi connectivity index (χ2v) is 5.12. The van der Waals surface area contributed by atoms with Gasteiger partial charge < -0.3 is 4.42 Å². The third kappa shape index (κ3) is 2.86. The molecule has 0 atom stereocenters. The van der Waals surface area contributed by atoms with Crippen LogP contribution in [0.15, 0.2) is 38.6 Å². The van der Waals surface area contributed by atoms with Crippen molar-refractivity contribution < 1.29 is 8.81 Å². The Hall–Kier alpha value is -0.810. The molecule has 0 saturated heterocycles. The SMILES string of the molecule is Cc1coc(SCc2ccc(Br)cc2F)n1. The molecular weight excluding hydrogens is 293 g/mol. The van der Waals surface area contributed by atoms with Crippen LogP contribution in [0, 0.1) is 12.7 Å². The maximum Gasteiger partial charge on any atom is 0.256 e. The Balaban J connectivity index is 2.04. The van der Waals surface area contributed by atoms with Gasteiger partial charge in [0, 0.05) is 10.2 Å². The molecule has 2 rings (SSSR count). The maximum absolute atomic E-state index is 13.5. The Kier molecular flexibility index (Phi) is 3.66. The van der Waals surface area contributed by atoms with Crippen LogP contribution >= 0.6 is 27.7 Å². The molecule has 0 fully saturated rings. The molecule has 0 amide bonds. The second-order valence-electron chi connectivity index (χ2n) is 3.28. The summed E-state index contributed by atoms with van der Waals surface area (Å²) in [5.74, 6) is 0.296. The summed E-state index contributed by atoms with van der Waals surface area (Å²) in [6, 6.07) is 5.03. The molecule has 16 heavy (non-hydrogen) atoms. The highest BCUT2D eigenvalue weighted by atomic mass is 79.9. The van der Waals surface area contributed by atoms with Gasteiger partial charge in [-0.2, -0.15) is 0 Å². The molecule has 2 nitrogen and oxygen atoms in total. The van der Waals surface area contributed by atoms with E-state index in [0.29, 0.717) is 16.5 Å². The van der Waals surface area contributed by atoms with Crippen molar-refractivity contribution in [3.63, 3.8) is 0 Å². The average molecular weight is 302 g/mol. The predicted octanol–water partition coefficient (Wildman–Crippen LogP) is 4.18. The van der Waals surface area contributed by atoms with Gasteiger partial charge >= 0.3 is 0 Å². The number of halogens is 2. The molecule has 0 N–H and O–H groups in total. The number of nitrogens with zero attached hydrogens (tertiary/aromatic N) is 1. The quantitative estimate of drug-likeness (QED) is 0.796. The number of thioether (sulfide) groups is 1. The van der Waals surface area contributed by atoms with Gasteiger partial charge in [0.2, 0.25) is 0 Å². The fraction of sp³-hybridized carbons (Fsp3) is 0.182. The number of rotatable bonds is 3. The lowest BCUT2D eigenvalue weighted by Gasteiger charge is -2.01. The Labute approximate surface area is 105 Å². The minimum atomic E-state index is -0.217. The van der Waals surface area contributed by atoms with Gasteiger partial charge in [-0.05, 0) is 24.6 Å². The molecule has 0 aliphatic rings. The topological polar surface area (TPSA) is 26.0 Å². The molecule has 2 aromatic rings. The minimum Gasteiger partial charge on any atom is -0.440 e. The van der Waals surface area contributed by atoms with E-state index < -0.39 is 0 Å². The number of hydrogen-bond acceptors (Lipinski definition) is 3. The zero-order valence-electron chi connectivity index (χ0n) is 8.54. The Bertz CT molecular complexity index is 500. The molecule has 0 bridgehead atoms. The van der Waals surface area contributed by atoms with Crippen LogP contribution in [0.4, 0.5) is 4.39 Å². The third-order valence-electron chi connectivity index (χ3n) is 1.96. The number of benzene rings is 1. The van der Waals surface area contributed by atoms with Gasteiger partial charge in [-0.15, -0.1) is 0 Å². The van der Waals surface area contributed by atoms with E-state index in [0.717, 1.165) is 10.2 Å². The first-order valence-electron chi connectivity index (χ1n) is 4.64. The molecule has 84 valence electrons. The molecular formula is C11H9BrFNOS. The molecule has 0 radical (unpaired) electrons. The first-order valence-corrected chi connectivity index (χ1v) is 6.42. The van der Waals surface area contributed by atoms with Crippen LogP contribution in [0.2, 0.25) is 0 Å². The van der Waals surface area contributed by atoms with Crippen molar-refractivity contribution in [1.29, 1.82) is 0 Å². The molecule has 0 aliphatic carbocycles. The third-order valence-corrected chi connectivity index (χ3v) is 3.35. The van der Waals surface area contributed by atoms with E-state index in [1.807, 2.05) is 13.0 Å². The molecule has 0 unspecified atom stereocenters. The summed E-state index contributed by atoms with van der Waals surface area (Å²) in [5, 5.41) is 0.569. The summed E-state index contributed by atoms with van der Waals surface area (Å²) in [7, 11) is 0. The van der Waals surface area contributed by atoms with Crippen molar-refractivity contribution in [2.45, 2.75) is 17.9 Å². The average Bonchev–Trinajstić information content (AvgIpc) is 2.63. The van der Waals surface area contributed by atoms with Gasteiger partial charge in [-0.25, -0.2) is 9.37 Å². The zero-order chi connectivity index (χ0) is 11.5. The lowest BCUT2D eigenvalue weighted by molar-refractivity contribution is 0.454. The van der Waals surface area contributed by atoms with Crippen molar-refractivity contribution in [1.82, 2.24) is 4.98 Å². The van der Waals surface area contributed by atoms with Gasteiger partial charge in [0.25, 0.3) is 5.22 Å². The van der Waals surface area contributed by atoms with Gasteiger partial charge in [0.1, 0.15) is 12.1 Å². The van der Waals surface area contributed by atoms with Crippen LogP contribution in [-0.2, 0) is 5.75 Å².